The zero-order valence-electron chi connectivity index (χ0n) is 17.1. The number of aromatic nitrogens is 4. The third-order valence-electron chi connectivity index (χ3n) is 5.93. The molecule has 0 aliphatic carbocycles. The summed E-state index contributed by atoms with van der Waals surface area (Å²) >= 11 is 1.59. The molecular weight excluding hydrogens is 400 g/mol. The molecule has 0 bridgehead atoms. The number of anilines is 1. The predicted molar refractivity (Wildman–Crippen MR) is 115 cm³/mol. The zero-order chi connectivity index (χ0) is 20.7. The normalized spacial score (nSPS) is 17.7. The summed E-state index contributed by atoms with van der Waals surface area (Å²) in [6.45, 7) is 1.90. The molecule has 156 valence electrons. The molecule has 0 atom stereocenters. The maximum absolute atomic E-state index is 13.2. The minimum Gasteiger partial charge on any atom is -0.368 e. The second kappa shape index (κ2) is 7.48. The molecule has 9 heteroatoms. The first kappa shape index (κ1) is 19.2. The van der Waals surface area contributed by atoms with Crippen molar-refractivity contribution in [2.24, 2.45) is 0 Å². The molecule has 5 heterocycles. The van der Waals surface area contributed by atoms with Crippen molar-refractivity contribution in [3.63, 3.8) is 0 Å². The Morgan fingerprint density at radius 1 is 1.30 bits per heavy atom. The van der Waals surface area contributed by atoms with Crippen LogP contribution in [-0.2, 0) is 16.8 Å². The van der Waals surface area contributed by atoms with Gasteiger partial charge in [0.15, 0.2) is 0 Å². The van der Waals surface area contributed by atoms with E-state index in [1.54, 1.807) is 17.5 Å². The Morgan fingerprint density at radius 2 is 2.13 bits per heavy atom. The van der Waals surface area contributed by atoms with Crippen LogP contribution in [0.15, 0.2) is 29.9 Å². The summed E-state index contributed by atoms with van der Waals surface area (Å²) in [5, 5.41) is 9.10. The lowest BCUT2D eigenvalue weighted by molar-refractivity contribution is -0.0967. The lowest BCUT2D eigenvalue weighted by Crippen LogP contribution is -2.49. The van der Waals surface area contributed by atoms with E-state index in [1.165, 1.54) is 0 Å². The number of ether oxygens (including phenoxy) is 1. The maximum atomic E-state index is 13.2. The van der Waals surface area contributed by atoms with Crippen LogP contribution < -0.4 is 4.90 Å². The molecular formula is C21H24N6O2S. The molecule has 3 aromatic rings. The third kappa shape index (κ3) is 3.18. The van der Waals surface area contributed by atoms with Gasteiger partial charge in [0.05, 0.1) is 34.6 Å². The number of hydrogen-bond acceptors (Lipinski definition) is 7. The van der Waals surface area contributed by atoms with Gasteiger partial charge >= 0.3 is 0 Å². The Hall–Kier alpha value is -2.78. The predicted octanol–water partition coefficient (Wildman–Crippen LogP) is 2.70. The number of carbonyl (C=O) groups is 1. The van der Waals surface area contributed by atoms with E-state index in [4.69, 9.17) is 9.72 Å². The van der Waals surface area contributed by atoms with Gasteiger partial charge < -0.3 is 14.5 Å². The molecule has 1 N–H and O–H groups in total. The van der Waals surface area contributed by atoms with Gasteiger partial charge in [-0.1, -0.05) is 6.07 Å². The molecule has 0 radical (unpaired) electrons. The number of hydrogen-bond donors (Lipinski definition) is 1. The number of carbonyl (C=O) groups excluding carboxylic acids is 1. The van der Waals surface area contributed by atoms with Gasteiger partial charge in [0.2, 0.25) is 5.95 Å². The van der Waals surface area contributed by atoms with Crippen LogP contribution in [0.2, 0.25) is 0 Å². The Bertz CT molecular complexity index is 1050. The van der Waals surface area contributed by atoms with Crippen LogP contribution in [0.4, 0.5) is 5.95 Å². The lowest BCUT2D eigenvalue weighted by atomic mass is 9.83. The third-order valence-corrected chi connectivity index (χ3v) is 6.82. The number of aromatic amines is 1. The van der Waals surface area contributed by atoms with Crippen molar-refractivity contribution in [3.05, 3.63) is 46.7 Å². The Kier molecular flexibility index (Phi) is 4.79. The minimum atomic E-state index is -0.439. The molecule has 2 aliphatic rings. The first-order valence-corrected chi connectivity index (χ1v) is 11.0. The quantitative estimate of drug-likeness (QED) is 0.696. The first-order valence-electron chi connectivity index (χ1n) is 10.1. The van der Waals surface area contributed by atoms with Gasteiger partial charge in [-0.3, -0.25) is 9.89 Å². The van der Waals surface area contributed by atoms with Crippen LogP contribution in [0.1, 0.15) is 34.5 Å². The highest BCUT2D eigenvalue weighted by Crippen LogP contribution is 2.41. The minimum absolute atomic E-state index is 0.00898. The number of thiophene rings is 1. The number of likely N-dealkylation sites (tertiary alicyclic amines) is 1. The number of piperidine rings is 1. The standard InChI is InChI=1S/C21H24N6O2S/c1-26(2)20-22-12-14-5-10-29-21(18(14)24-20)6-8-27(9-7-21)19(28)15-13-23-25-17(15)16-4-3-11-30-16/h3-4,11-13H,5-10H2,1-2H3,(H,23,25). The van der Waals surface area contributed by atoms with Crippen LogP contribution in [-0.4, -0.2) is 64.8 Å². The van der Waals surface area contributed by atoms with Crippen molar-refractivity contribution in [1.29, 1.82) is 0 Å². The summed E-state index contributed by atoms with van der Waals surface area (Å²) in [4.78, 5) is 27.4. The van der Waals surface area contributed by atoms with Gasteiger partial charge in [-0.15, -0.1) is 11.3 Å². The summed E-state index contributed by atoms with van der Waals surface area (Å²) in [6, 6.07) is 3.97. The molecule has 0 aromatic carbocycles. The van der Waals surface area contributed by atoms with Crippen LogP contribution in [0.5, 0.6) is 0 Å². The number of nitrogens with one attached hydrogen (secondary N) is 1. The van der Waals surface area contributed by atoms with Gasteiger partial charge in [0.1, 0.15) is 5.60 Å². The van der Waals surface area contributed by atoms with Crippen LogP contribution in [0.25, 0.3) is 10.6 Å². The van der Waals surface area contributed by atoms with E-state index < -0.39 is 5.60 Å². The molecule has 3 aromatic heterocycles. The van der Waals surface area contributed by atoms with Crippen LogP contribution >= 0.6 is 11.3 Å². The molecule has 1 saturated heterocycles. The van der Waals surface area contributed by atoms with Crippen molar-refractivity contribution >= 4 is 23.2 Å². The van der Waals surface area contributed by atoms with Gasteiger partial charge in [-0.25, -0.2) is 9.97 Å². The summed E-state index contributed by atoms with van der Waals surface area (Å²) < 4.78 is 6.31. The highest BCUT2D eigenvalue weighted by Gasteiger charge is 2.43. The zero-order valence-corrected chi connectivity index (χ0v) is 17.9. The van der Waals surface area contributed by atoms with Crippen molar-refractivity contribution in [3.8, 4) is 10.6 Å². The van der Waals surface area contributed by atoms with E-state index in [9.17, 15) is 4.79 Å². The van der Waals surface area contributed by atoms with E-state index in [-0.39, 0.29) is 5.91 Å². The number of nitrogens with zero attached hydrogens (tertiary/aromatic N) is 5. The number of rotatable bonds is 3. The van der Waals surface area contributed by atoms with Crippen LogP contribution in [0, 0.1) is 0 Å². The number of amides is 1. The Labute approximate surface area is 178 Å². The molecule has 8 nitrogen and oxygen atoms in total. The van der Waals surface area contributed by atoms with E-state index in [0.29, 0.717) is 31.2 Å². The topological polar surface area (TPSA) is 87.2 Å². The van der Waals surface area contributed by atoms with Gasteiger partial charge in [-0.2, -0.15) is 5.10 Å². The maximum Gasteiger partial charge on any atom is 0.257 e. The molecule has 0 saturated carbocycles. The average Bonchev–Trinajstić information content (AvgIpc) is 3.45. The molecule has 1 fully saturated rings. The van der Waals surface area contributed by atoms with Gasteiger partial charge in [-0.05, 0) is 36.3 Å². The molecule has 2 aliphatic heterocycles. The summed E-state index contributed by atoms with van der Waals surface area (Å²) in [5.41, 5.74) is 3.11. The highest BCUT2D eigenvalue weighted by molar-refractivity contribution is 7.13. The van der Waals surface area contributed by atoms with Crippen molar-refractivity contribution in [2.75, 3.05) is 38.7 Å². The van der Waals surface area contributed by atoms with E-state index >= 15 is 0 Å². The van der Waals surface area contributed by atoms with Gasteiger partial charge in [0, 0.05) is 33.4 Å². The number of H-pyrrole nitrogens is 1. The Balaban J connectivity index is 1.37. The molecule has 1 amide bonds. The van der Waals surface area contributed by atoms with E-state index in [1.807, 2.05) is 47.6 Å². The van der Waals surface area contributed by atoms with E-state index in [2.05, 4.69) is 15.2 Å². The summed E-state index contributed by atoms with van der Waals surface area (Å²) in [7, 11) is 3.88. The largest absolute Gasteiger partial charge is 0.368 e. The highest BCUT2D eigenvalue weighted by atomic mass is 32.1. The van der Waals surface area contributed by atoms with Crippen LogP contribution in [0.3, 0.4) is 0 Å². The average molecular weight is 425 g/mol. The molecule has 5 rings (SSSR count). The molecule has 0 unspecified atom stereocenters. The fraction of sp³-hybridized carbons (Fsp3) is 0.429. The summed E-state index contributed by atoms with van der Waals surface area (Å²) in [6.07, 6.45) is 5.83. The Morgan fingerprint density at radius 3 is 2.87 bits per heavy atom. The molecule has 1 spiro atoms. The number of fused-ring (bicyclic) bond motifs is 2. The van der Waals surface area contributed by atoms with Crippen molar-refractivity contribution in [1.82, 2.24) is 25.1 Å². The monoisotopic (exact) mass is 424 g/mol. The smallest absolute Gasteiger partial charge is 0.257 e. The lowest BCUT2D eigenvalue weighted by Gasteiger charge is -2.44. The fourth-order valence-corrected chi connectivity index (χ4v) is 5.03. The fourth-order valence-electron chi connectivity index (χ4n) is 4.29. The van der Waals surface area contributed by atoms with E-state index in [0.717, 1.165) is 41.1 Å². The molecule has 30 heavy (non-hydrogen) atoms. The van der Waals surface area contributed by atoms with Crippen molar-refractivity contribution in [2.45, 2.75) is 24.9 Å². The first-order chi connectivity index (χ1) is 14.6. The van der Waals surface area contributed by atoms with Crippen molar-refractivity contribution < 1.29 is 9.53 Å². The van der Waals surface area contributed by atoms with Gasteiger partial charge in [0.25, 0.3) is 5.91 Å². The SMILES string of the molecule is CN(C)c1ncc2c(n1)C1(CCN(C(=O)c3cn[nH]c3-c3cccs3)CC1)OCC2. The second-order valence-corrected chi connectivity index (χ2v) is 8.91. The summed E-state index contributed by atoms with van der Waals surface area (Å²) in [5.74, 6) is 0.700. The second-order valence-electron chi connectivity index (χ2n) is 7.96.